The van der Waals surface area contributed by atoms with Crippen LogP contribution in [0.15, 0.2) is 102 Å². The average Bonchev–Trinajstić information content (AvgIpc) is 3.40. The van der Waals surface area contributed by atoms with E-state index in [0.29, 0.717) is 0 Å². The second kappa shape index (κ2) is 5.78. The molecule has 0 fully saturated rings. The molecule has 9 rings (SSSR count). The van der Waals surface area contributed by atoms with Crippen molar-refractivity contribution in [1.29, 1.82) is 0 Å². The van der Waals surface area contributed by atoms with Crippen molar-refractivity contribution in [3.8, 4) is 11.4 Å². The highest BCUT2D eigenvalue weighted by molar-refractivity contribution is 7.80. The van der Waals surface area contributed by atoms with Crippen molar-refractivity contribution >= 4 is 79.3 Å². The molecule has 4 heterocycles. The molecule has 5 aromatic carbocycles. The fourth-order valence-electron chi connectivity index (χ4n) is 6.79. The molecule has 0 saturated carbocycles. The third-order valence-electron chi connectivity index (χ3n) is 7.98. The highest BCUT2D eigenvalue weighted by Crippen LogP contribution is 2.39. The van der Waals surface area contributed by atoms with Crippen molar-refractivity contribution in [2.45, 2.75) is 4.90 Å². The Morgan fingerprint density at radius 1 is 0.529 bits per heavy atom. The second-order valence-corrected chi connectivity index (χ2v) is 10.0. The quantitative estimate of drug-likeness (QED) is 0.238. The van der Waals surface area contributed by atoms with Crippen molar-refractivity contribution in [3.05, 3.63) is 97.1 Å². The van der Waals surface area contributed by atoms with Gasteiger partial charge in [0.15, 0.2) is 0 Å². The van der Waals surface area contributed by atoms with Crippen LogP contribution in [0.5, 0.6) is 0 Å². The Balaban J connectivity index is 1.62. The van der Waals surface area contributed by atoms with Gasteiger partial charge in [-0.1, -0.05) is 66.7 Å². The highest BCUT2D eigenvalue weighted by atomic mass is 32.1. The summed E-state index contributed by atoms with van der Waals surface area (Å²) in [6.45, 7) is 0.179. The van der Waals surface area contributed by atoms with E-state index in [9.17, 15) is 0 Å². The minimum atomic E-state index is 0.179. The Morgan fingerprint density at radius 2 is 1.18 bits per heavy atom. The first-order valence-electron chi connectivity index (χ1n) is 11.7. The lowest BCUT2D eigenvalue weighted by Gasteiger charge is -2.33. The van der Waals surface area contributed by atoms with Gasteiger partial charge < -0.3 is 9.13 Å². The second-order valence-electron chi connectivity index (χ2n) is 9.52. The number of fused-ring (bicyclic) bond motifs is 11. The molecule has 4 heteroatoms. The number of nitrogens with zero attached hydrogens (tertiary/aromatic N) is 2. The third-order valence-corrected chi connectivity index (χ3v) is 8.26. The Morgan fingerprint density at radius 3 is 1.97 bits per heavy atom. The molecule has 0 N–H and O–H groups in total. The van der Waals surface area contributed by atoms with Crippen molar-refractivity contribution < 1.29 is 0 Å². The minimum Gasteiger partial charge on any atom is -0.310 e. The molecule has 2 aliphatic rings. The summed E-state index contributed by atoms with van der Waals surface area (Å²) in [6, 6.07) is 35.8. The SMILES string of the molecule is Sc1ccc2c(c1)B1c3cccc4c5ccccc5n(c34)-c3ccc4c5ccccc5n-2c4c31. The van der Waals surface area contributed by atoms with Gasteiger partial charge in [-0.3, -0.25) is 0 Å². The maximum atomic E-state index is 4.77. The molecule has 2 aromatic heterocycles. The van der Waals surface area contributed by atoms with Gasteiger partial charge in [-0.2, -0.15) is 0 Å². The van der Waals surface area contributed by atoms with Crippen molar-refractivity contribution in [3.63, 3.8) is 0 Å². The number of thiol groups is 1. The van der Waals surface area contributed by atoms with Crippen LogP contribution in [-0.4, -0.2) is 15.8 Å². The summed E-state index contributed by atoms with van der Waals surface area (Å²) in [4.78, 5) is 1.01. The van der Waals surface area contributed by atoms with Crippen LogP contribution in [-0.2, 0) is 0 Å². The van der Waals surface area contributed by atoms with Crippen LogP contribution in [0.2, 0.25) is 0 Å². The van der Waals surface area contributed by atoms with Crippen LogP contribution in [0.25, 0.3) is 55.0 Å². The first-order chi connectivity index (χ1) is 16.8. The van der Waals surface area contributed by atoms with Crippen LogP contribution in [0.3, 0.4) is 0 Å². The summed E-state index contributed by atoms with van der Waals surface area (Å²) in [5, 5.41) is 5.28. The molecular formula is C30H17BN2S. The monoisotopic (exact) mass is 448 g/mol. The molecule has 0 bridgehead atoms. The lowest BCUT2D eigenvalue weighted by Crippen LogP contribution is -2.59. The molecule has 0 amide bonds. The fourth-order valence-corrected chi connectivity index (χ4v) is 7.00. The van der Waals surface area contributed by atoms with Crippen molar-refractivity contribution in [2.75, 3.05) is 0 Å². The van der Waals surface area contributed by atoms with Crippen LogP contribution in [0.4, 0.5) is 0 Å². The molecule has 0 saturated heterocycles. The normalized spacial score (nSPS) is 13.4. The summed E-state index contributed by atoms with van der Waals surface area (Å²) in [5.41, 5.74) is 11.9. The largest absolute Gasteiger partial charge is 0.310 e. The first kappa shape index (κ1) is 17.6. The third kappa shape index (κ3) is 1.84. The average molecular weight is 448 g/mol. The molecule has 2 nitrogen and oxygen atoms in total. The molecule has 7 aromatic rings. The summed E-state index contributed by atoms with van der Waals surface area (Å²) in [5.74, 6) is 0. The number of aromatic nitrogens is 2. The Hall–Kier alpha value is -3.89. The zero-order valence-corrected chi connectivity index (χ0v) is 19.1. The van der Waals surface area contributed by atoms with Gasteiger partial charge in [0.05, 0.1) is 16.6 Å². The summed E-state index contributed by atoms with van der Waals surface area (Å²) >= 11 is 4.77. The molecule has 0 spiro atoms. The van der Waals surface area contributed by atoms with Gasteiger partial charge in [-0.25, -0.2) is 0 Å². The van der Waals surface area contributed by atoms with Gasteiger partial charge >= 0.3 is 0 Å². The number of benzene rings is 5. The molecule has 34 heavy (non-hydrogen) atoms. The molecule has 0 radical (unpaired) electrons. The molecule has 0 atom stereocenters. The maximum Gasteiger partial charge on any atom is 0.252 e. The predicted molar refractivity (Wildman–Crippen MR) is 147 cm³/mol. The van der Waals surface area contributed by atoms with Gasteiger partial charge in [0, 0.05) is 43.3 Å². The van der Waals surface area contributed by atoms with Crippen LogP contribution >= 0.6 is 12.6 Å². The number of hydrogen-bond donors (Lipinski definition) is 1. The van der Waals surface area contributed by atoms with E-state index in [0.717, 1.165) is 4.90 Å². The van der Waals surface area contributed by atoms with E-state index in [1.54, 1.807) is 0 Å². The topological polar surface area (TPSA) is 9.86 Å². The summed E-state index contributed by atoms with van der Waals surface area (Å²) < 4.78 is 4.99. The maximum absolute atomic E-state index is 4.77. The Labute approximate surface area is 201 Å². The van der Waals surface area contributed by atoms with Gasteiger partial charge in [0.1, 0.15) is 0 Å². The lowest BCUT2D eigenvalue weighted by molar-refractivity contribution is 1.15. The van der Waals surface area contributed by atoms with Gasteiger partial charge in [0.25, 0.3) is 6.71 Å². The van der Waals surface area contributed by atoms with Gasteiger partial charge in [-0.05, 0) is 46.7 Å². The number of hydrogen-bond acceptors (Lipinski definition) is 1. The van der Waals surface area contributed by atoms with Gasteiger partial charge in [-0.15, -0.1) is 12.6 Å². The molecule has 0 unspecified atom stereocenters. The van der Waals surface area contributed by atoms with E-state index in [-0.39, 0.29) is 6.71 Å². The van der Waals surface area contributed by atoms with Crippen LogP contribution < -0.4 is 16.4 Å². The van der Waals surface area contributed by atoms with E-state index in [2.05, 4.69) is 106 Å². The van der Waals surface area contributed by atoms with E-state index < -0.39 is 0 Å². The highest BCUT2D eigenvalue weighted by Gasteiger charge is 2.40. The standard InChI is InChI=1S/C30H17BN2S/c34-17-12-14-26-23(16-17)31-22-9-5-8-20-18-6-1-4-11-25(18)33(29(20)22)27-15-13-21-19-7-2-3-10-24(19)32(26)30(21)28(27)31/h1-16,34H. The summed E-state index contributed by atoms with van der Waals surface area (Å²) in [6.07, 6.45) is 0. The van der Waals surface area contributed by atoms with E-state index in [1.165, 1.54) is 71.4 Å². The van der Waals surface area contributed by atoms with E-state index in [1.807, 2.05) is 0 Å². The summed E-state index contributed by atoms with van der Waals surface area (Å²) in [7, 11) is 0. The van der Waals surface area contributed by atoms with Crippen LogP contribution in [0, 0.1) is 0 Å². The molecular weight excluding hydrogens is 431 g/mol. The molecule has 0 aliphatic carbocycles. The first-order valence-corrected chi connectivity index (χ1v) is 12.2. The van der Waals surface area contributed by atoms with Crippen LogP contribution in [0.1, 0.15) is 0 Å². The lowest BCUT2D eigenvalue weighted by atomic mass is 9.34. The van der Waals surface area contributed by atoms with Gasteiger partial charge in [0.2, 0.25) is 0 Å². The molecule has 156 valence electrons. The zero-order chi connectivity index (χ0) is 22.1. The smallest absolute Gasteiger partial charge is 0.252 e. The fraction of sp³-hybridized carbons (Fsp3) is 0. The number of para-hydroxylation sites is 3. The van der Waals surface area contributed by atoms with Crippen molar-refractivity contribution in [1.82, 2.24) is 9.13 Å². The van der Waals surface area contributed by atoms with E-state index >= 15 is 0 Å². The molecule has 2 aliphatic heterocycles. The predicted octanol–water partition coefficient (Wildman–Crippen LogP) is 5.31. The Kier molecular flexibility index (Phi) is 2.99. The number of rotatable bonds is 0. The minimum absolute atomic E-state index is 0.179. The Bertz CT molecular complexity index is 2050. The van der Waals surface area contributed by atoms with Crippen molar-refractivity contribution in [2.24, 2.45) is 0 Å². The van der Waals surface area contributed by atoms with E-state index in [4.69, 9.17) is 12.6 Å². The zero-order valence-electron chi connectivity index (χ0n) is 18.2.